The number of phenols is 1. The number of hydrogen-bond acceptors (Lipinski definition) is 7. The van der Waals surface area contributed by atoms with Crippen molar-refractivity contribution >= 4 is 39.2 Å². The van der Waals surface area contributed by atoms with Crippen LogP contribution in [-0.2, 0) is 17.6 Å². The van der Waals surface area contributed by atoms with Gasteiger partial charge in [0.15, 0.2) is 11.3 Å². The monoisotopic (exact) mass is 454 g/mol. The Bertz CT molecular complexity index is 1280. The maximum absolute atomic E-state index is 13.1. The van der Waals surface area contributed by atoms with Crippen LogP contribution in [0.1, 0.15) is 58.3 Å². The second-order valence-corrected chi connectivity index (χ2v) is 10.2. The summed E-state index contributed by atoms with van der Waals surface area (Å²) in [5.41, 5.74) is 1.27. The highest BCUT2D eigenvalue weighted by molar-refractivity contribution is 7.17. The van der Waals surface area contributed by atoms with E-state index in [1.165, 1.54) is 30.6 Å². The summed E-state index contributed by atoms with van der Waals surface area (Å²) in [5, 5.41) is 21.8. The number of carbonyl (C=O) groups is 2. The zero-order valence-electron chi connectivity index (χ0n) is 18.5. The Morgan fingerprint density at radius 2 is 2.06 bits per heavy atom. The molecule has 0 bridgehead atoms. The van der Waals surface area contributed by atoms with Crippen molar-refractivity contribution in [1.29, 1.82) is 5.41 Å². The van der Waals surface area contributed by atoms with Crippen LogP contribution < -0.4 is 10.9 Å². The molecule has 4 rings (SSSR count). The summed E-state index contributed by atoms with van der Waals surface area (Å²) in [6.07, 6.45) is 2.56. The molecule has 1 amide bonds. The predicted molar refractivity (Wildman–Crippen MR) is 122 cm³/mol. The van der Waals surface area contributed by atoms with Crippen LogP contribution in [0.5, 0.6) is 5.75 Å². The van der Waals surface area contributed by atoms with Crippen LogP contribution >= 0.6 is 11.3 Å². The van der Waals surface area contributed by atoms with E-state index in [0.29, 0.717) is 21.9 Å². The highest BCUT2D eigenvalue weighted by atomic mass is 32.1. The van der Waals surface area contributed by atoms with Gasteiger partial charge in [0.25, 0.3) is 5.91 Å². The molecule has 32 heavy (non-hydrogen) atoms. The molecule has 1 aliphatic carbocycles. The molecule has 8 heteroatoms. The molecular formula is C24H26N2O5S. The first-order valence-corrected chi connectivity index (χ1v) is 11.3. The van der Waals surface area contributed by atoms with Crippen molar-refractivity contribution in [2.24, 2.45) is 11.3 Å². The first kappa shape index (κ1) is 22.1. The molecule has 1 atom stereocenters. The normalized spacial score (nSPS) is 15.9. The van der Waals surface area contributed by atoms with Gasteiger partial charge in [-0.15, -0.1) is 11.3 Å². The van der Waals surface area contributed by atoms with Gasteiger partial charge in [-0.3, -0.25) is 10.2 Å². The number of fused-ring (bicyclic) bond motifs is 2. The molecule has 168 valence electrons. The molecular weight excluding hydrogens is 428 g/mol. The largest absolute Gasteiger partial charge is 0.504 e. The van der Waals surface area contributed by atoms with Crippen molar-refractivity contribution in [3.05, 3.63) is 51.4 Å². The minimum absolute atomic E-state index is 0.0119. The van der Waals surface area contributed by atoms with Gasteiger partial charge in [-0.25, -0.2) is 4.79 Å². The summed E-state index contributed by atoms with van der Waals surface area (Å²) >= 11 is 1.40. The topological polar surface area (TPSA) is 113 Å². The molecule has 3 N–H and O–H groups in total. The number of anilines is 1. The van der Waals surface area contributed by atoms with Crippen LogP contribution in [0.4, 0.5) is 5.00 Å². The summed E-state index contributed by atoms with van der Waals surface area (Å²) in [5.74, 6) is -0.656. The van der Waals surface area contributed by atoms with E-state index >= 15 is 0 Å². The molecule has 1 aliphatic rings. The second-order valence-electron chi connectivity index (χ2n) is 9.14. The van der Waals surface area contributed by atoms with Gasteiger partial charge in [0.2, 0.25) is 5.55 Å². The van der Waals surface area contributed by atoms with E-state index in [9.17, 15) is 14.7 Å². The van der Waals surface area contributed by atoms with E-state index in [-0.39, 0.29) is 27.9 Å². The van der Waals surface area contributed by atoms with E-state index in [0.717, 1.165) is 29.7 Å². The first-order valence-electron chi connectivity index (χ1n) is 10.4. The van der Waals surface area contributed by atoms with Crippen molar-refractivity contribution in [3.63, 3.8) is 0 Å². The maximum atomic E-state index is 13.1. The van der Waals surface area contributed by atoms with Crippen LogP contribution in [0.25, 0.3) is 11.0 Å². The van der Waals surface area contributed by atoms with Gasteiger partial charge >= 0.3 is 5.97 Å². The molecule has 0 aliphatic heterocycles. The van der Waals surface area contributed by atoms with Gasteiger partial charge in [0.1, 0.15) is 10.6 Å². The lowest BCUT2D eigenvalue weighted by Gasteiger charge is -2.33. The van der Waals surface area contributed by atoms with Crippen LogP contribution in [0, 0.1) is 16.7 Å². The number of para-hydroxylation sites is 1. The molecule has 7 nitrogen and oxygen atoms in total. The minimum atomic E-state index is -0.555. The lowest BCUT2D eigenvalue weighted by atomic mass is 9.72. The molecule has 2 aromatic heterocycles. The number of methoxy groups -OCH3 is 1. The second kappa shape index (κ2) is 8.09. The Morgan fingerprint density at radius 1 is 1.31 bits per heavy atom. The first-order chi connectivity index (χ1) is 15.1. The van der Waals surface area contributed by atoms with E-state index in [1.54, 1.807) is 12.1 Å². The average Bonchev–Trinajstić information content (AvgIpc) is 3.09. The Hall–Kier alpha value is -3.13. The van der Waals surface area contributed by atoms with Crippen molar-refractivity contribution in [2.75, 3.05) is 12.4 Å². The third-order valence-corrected chi connectivity index (χ3v) is 7.29. The average molecular weight is 455 g/mol. The number of nitrogens with one attached hydrogen (secondary N) is 2. The molecule has 0 saturated carbocycles. The molecule has 0 fully saturated rings. The molecule has 0 saturated heterocycles. The number of rotatable bonds is 3. The lowest BCUT2D eigenvalue weighted by molar-refractivity contribution is 0.0600. The summed E-state index contributed by atoms with van der Waals surface area (Å²) in [4.78, 5) is 26.7. The number of aromatic hydroxyl groups is 1. The van der Waals surface area contributed by atoms with Crippen LogP contribution in [0.15, 0.2) is 28.7 Å². The van der Waals surface area contributed by atoms with Crippen molar-refractivity contribution in [1.82, 2.24) is 0 Å². The van der Waals surface area contributed by atoms with Gasteiger partial charge in [-0.2, -0.15) is 0 Å². The highest BCUT2D eigenvalue weighted by Crippen LogP contribution is 2.44. The quantitative estimate of drug-likeness (QED) is 0.489. The molecule has 0 spiro atoms. The maximum Gasteiger partial charge on any atom is 0.341 e. The molecule has 2 heterocycles. The third kappa shape index (κ3) is 3.90. The number of benzene rings is 1. The molecule has 1 aromatic carbocycles. The lowest BCUT2D eigenvalue weighted by Crippen LogP contribution is -2.26. The zero-order chi connectivity index (χ0) is 23.2. The zero-order valence-corrected chi connectivity index (χ0v) is 19.3. The van der Waals surface area contributed by atoms with Gasteiger partial charge in [0, 0.05) is 10.3 Å². The van der Waals surface area contributed by atoms with Crippen molar-refractivity contribution < 1.29 is 23.8 Å². The van der Waals surface area contributed by atoms with Crippen molar-refractivity contribution in [3.8, 4) is 5.75 Å². The molecule has 0 radical (unpaired) electrons. The number of ether oxygens (including phenoxy) is 1. The number of carbonyl (C=O) groups excluding carboxylic acids is 2. The fourth-order valence-corrected chi connectivity index (χ4v) is 5.53. The third-order valence-electron chi connectivity index (χ3n) is 6.12. The number of phenolic OH excluding ortho intramolecular Hbond substituents is 1. The van der Waals surface area contributed by atoms with E-state index in [1.807, 2.05) is 0 Å². The van der Waals surface area contributed by atoms with Crippen LogP contribution in [0.2, 0.25) is 0 Å². The minimum Gasteiger partial charge on any atom is -0.504 e. The Morgan fingerprint density at radius 3 is 2.75 bits per heavy atom. The summed E-state index contributed by atoms with van der Waals surface area (Å²) in [6, 6.07) is 6.27. The molecule has 1 unspecified atom stereocenters. The van der Waals surface area contributed by atoms with Crippen LogP contribution in [-0.4, -0.2) is 24.1 Å². The Kier molecular flexibility index (Phi) is 5.58. The fraction of sp³-hybridized carbons (Fsp3) is 0.375. The summed E-state index contributed by atoms with van der Waals surface area (Å²) in [6.45, 7) is 6.66. The Balaban J connectivity index is 1.72. The van der Waals surface area contributed by atoms with E-state index < -0.39 is 11.9 Å². The number of esters is 1. The van der Waals surface area contributed by atoms with Gasteiger partial charge < -0.3 is 19.6 Å². The number of thiophene rings is 1. The SMILES string of the molecule is COC(=O)c1c(NC(=O)c2cc3cccc(O)c3oc2=N)sc2c1CCC(C(C)(C)C)C2. The van der Waals surface area contributed by atoms with Crippen molar-refractivity contribution in [2.45, 2.75) is 40.0 Å². The fourth-order valence-electron chi connectivity index (χ4n) is 4.22. The van der Waals surface area contributed by atoms with E-state index in [2.05, 4.69) is 26.1 Å². The van der Waals surface area contributed by atoms with Gasteiger partial charge in [-0.1, -0.05) is 32.9 Å². The molecule has 3 aromatic rings. The summed E-state index contributed by atoms with van der Waals surface area (Å²) < 4.78 is 10.4. The highest BCUT2D eigenvalue weighted by Gasteiger charge is 2.34. The predicted octanol–water partition coefficient (Wildman–Crippen LogP) is 4.87. The Labute approximate surface area is 189 Å². The van der Waals surface area contributed by atoms with Gasteiger partial charge in [-0.05, 0) is 48.3 Å². The summed E-state index contributed by atoms with van der Waals surface area (Å²) in [7, 11) is 1.33. The standard InChI is InChI=1S/C24H26N2O5S/c1-24(2,3)13-8-9-14-17(11-13)32-22(18(14)23(29)30-4)26-21(28)15-10-12-6-5-7-16(27)19(12)31-20(15)25/h5-7,10,13,25,27H,8-9,11H2,1-4H3,(H,26,28). The van der Waals surface area contributed by atoms with Crippen LogP contribution in [0.3, 0.4) is 0 Å². The number of amides is 1. The number of hydrogen-bond donors (Lipinski definition) is 3. The smallest absolute Gasteiger partial charge is 0.341 e. The van der Waals surface area contributed by atoms with Gasteiger partial charge in [0.05, 0.1) is 12.7 Å². The van der Waals surface area contributed by atoms with E-state index in [4.69, 9.17) is 14.6 Å².